The van der Waals surface area contributed by atoms with Crippen LogP contribution in [0.4, 0.5) is 0 Å². The van der Waals surface area contributed by atoms with Crippen LogP contribution < -0.4 is 4.74 Å². The van der Waals surface area contributed by atoms with Gasteiger partial charge in [-0.25, -0.2) is 4.79 Å². The van der Waals surface area contributed by atoms with E-state index in [1.807, 2.05) is 12.1 Å². The van der Waals surface area contributed by atoms with Crippen molar-refractivity contribution in [3.05, 3.63) is 51.7 Å². The van der Waals surface area contributed by atoms with Gasteiger partial charge in [-0.1, -0.05) is 26.0 Å². The van der Waals surface area contributed by atoms with Crippen LogP contribution in [-0.4, -0.2) is 23.1 Å². The molecule has 1 saturated carbocycles. The molecule has 3 rings (SSSR count). The Bertz CT molecular complexity index is 786. The van der Waals surface area contributed by atoms with E-state index in [2.05, 4.69) is 32.0 Å². The number of benzene rings is 1. The molecule has 1 unspecified atom stereocenters. The number of hydrogen-bond acceptors (Lipinski definition) is 3. The van der Waals surface area contributed by atoms with Crippen LogP contribution in [0.5, 0.6) is 5.75 Å². The highest BCUT2D eigenvalue weighted by atomic mass is 35.5. The van der Waals surface area contributed by atoms with Crippen molar-refractivity contribution in [3.8, 4) is 5.75 Å². The maximum Gasteiger partial charge on any atom is 0.345 e. The number of carbonyl (C=O) groups is 1. The maximum absolute atomic E-state index is 11.0. The minimum absolute atomic E-state index is 0.179. The Balaban J connectivity index is 1.50. The third-order valence-corrected chi connectivity index (χ3v) is 7.40. The minimum atomic E-state index is -0.837. The second kappa shape index (κ2) is 9.80. The first-order chi connectivity index (χ1) is 13.4. The van der Waals surface area contributed by atoms with Gasteiger partial charge in [-0.3, -0.25) is 0 Å². The molecule has 0 amide bonds. The molecular formula is C23H29ClO3S. The molecule has 1 fully saturated rings. The SMILES string of the molecule is CC(C)c1cccc(OC[C@H]2C(Cl)CC[C@@H]2CCCc2ccc(C(=O)O)s2)c1. The molecular weight excluding hydrogens is 392 g/mol. The molecule has 0 bridgehead atoms. The van der Waals surface area contributed by atoms with E-state index in [9.17, 15) is 4.79 Å². The highest BCUT2D eigenvalue weighted by Crippen LogP contribution is 2.39. The topological polar surface area (TPSA) is 46.5 Å². The fourth-order valence-electron chi connectivity index (χ4n) is 4.02. The van der Waals surface area contributed by atoms with Crippen molar-refractivity contribution in [2.45, 2.75) is 57.2 Å². The van der Waals surface area contributed by atoms with Crippen LogP contribution in [0, 0.1) is 11.8 Å². The van der Waals surface area contributed by atoms with Crippen molar-refractivity contribution in [3.63, 3.8) is 0 Å². The Morgan fingerprint density at radius 3 is 2.82 bits per heavy atom. The maximum atomic E-state index is 11.0. The van der Waals surface area contributed by atoms with Crippen molar-refractivity contribution in [1.29, 1.82) is 0 Å². The van der Waals surface area contributed by atoms with Crippen LogP contribution >= 0.6 is 22.9 Å². The first kappa shape index (κ1) is 21.2. The van der Waals surface area contributed by atoms with Crippen LogP contribution in [0.1, 0.15) is 65.6 Å². The van der Waals surface area contributed by atoms with Gasteiger partial charge in [0.05, 0.1) is 6.61 Å². The lowest BCUT2D eigenvalue weighted by Crippen LogP contribution is -2.23. The Kier molecular flexibility index (Phi) is 7.42. The van der Waals surface area contributed by atoms with Gasteiger partial charge < -0.3 is 9.84 Å². The Morgan fingerprint density at radius 2 is 2.11 bits per heavy atom. The fraction of sp³-hybridized carbons (Fsp3) is 0.522. The summed E-state index contributed by atoms with van der Waals surface area (Å²) >= 11 is 8.00. The van der Waals surface area contributed by atoms with E-state index in [-0.39, 0.29) is 5.38 Å². The van der Waals surface area contributed by atoms with Crippen molar-refractivity contribution in [2.24, 2.45) is 11.8 Å². The van der Waals surface area contributed by atoms with Crippen molar-refractivity contribution >= 4 is 28.9 Å². The summed E-state index contributed by atoms with van der Waals surface area (Å²) in [4.78, 5) is 12.6. The van der Waals surface area contributed by atoms with Crippen molar-refractivity contribution in [2.75, 3.05) is 6.61 Å². The first-order valence-corrected chi connectivity index (χ1v) is 11.4. The third kappa shape index (κ3) is 5.51. The van der Waals surface area contributed by atoms with Crippen LogP contribution in [0.3, 0.4) is 0 Å². The second-order valence-electron chi connectivity index (χ2n) is 8.02. The highest BCUT2D eigenvalue weighted by Gasteiger charge is 2.35. The number of halogens is 1. The summed E-state index contributed by atoms with van der Waals surface area (Å²) in [6.07, 6.45) is 5.32. The molecule has 0 saturated heterocycles. The molecule has 1 aliphatic carbocycles. The number of carboxylic acids is 1. The standard InChI is InChI=1S/C23H29ClO3S/c1-15(2)17-6-3-7-18(13-17)27-14-20-16(9-11-21(20)24)5-4-8-19-10-12-22(28-19)23(25)26/h3,6-7,10,12-13,15-16,20-21H,4-5,8-9,11,14H2,1-2H3,(H,25,26)/t16-,20+,21?/m0/s1. The lowest BCUT2D eigenvalue weighted by molar-refractivity contribution is 0.0702. The predicted octanol–water partition coefficient (Wildman–Crippen LogP) is 6.61. The molecule has 152 valence electrons. The molecule has 1 aromatic carbocycles. The van der Waals surface area contributed by atoms with Crippen molar-refractivity contribution in [1.82, 2.24) is 0 Å². The summed E-state index contributed by atoms with van der Waals surface area (Å²) < 4.78 is 6.13. The predicted molar refractivity (Wildman–Crippen MR) is 116 cm³/mol. The molecule has 3 atom stereocenters. The monoisotopic (exact) mass is 420 g/mol. The van der Waals surface area contributed by atoms with E-state index in [1.54, 1.807) is 6.07 Å². The van der Waals surface area contributed by atoms with E-state index >= 15 is 0 Å². The van der Waals surface area contributed by atoms with Crippen LogP contribution in [0.2, 0.25) is 0 Å². The van der Waals surface area contributed by atoms with Gasteiger partial charge in [0.2, 0.25) is 0 Å². The zero-order chi connectivity index (χ0) is 20.1. The van der Waals surface area contributed by atoms with Crippen LogP contribution in [-0.2, 0) is 6.42 Å². The Morgan fingerprint density at radius 1 is 1.29 bits per heavy atom. The molecule has 0 aliphatic heterocycles. The number of aromatic carboxylic acids is 1. The third-order valence-electron chi connectivity index (χ3n) is 5.72. The number of hydrogen-bond donors (Lipinski definition) is 1. The molecule has 3 nitrogen and oxygen atoms in total. The molecule has 1 aliphatic rings. The molecule has 5 heteroatoms. The number of thiophene rings is 1. The van der Waals surface area contributed by atoms with E-state index in [0.717, 1.165) is 42.7 Å². The first-order valence-electron chi connectivity index (χ1n) is 10.1. The lowest BCUT2D eigenvalue weighted by Gasteiger charge is -2.22. The smallest absolute Gasteiger partial charge is 0.345 e. The number of ether oxygens (including phenoxy) is 1. The van der Waals surface area contributed by atoms with Gasteiger partial charge in [0.25, 0.3) is 0 Å². The number of alkyl halides is 1. The molecule has 0 radical (unpaired) electrons. The Labute approximate surface area is 176 Å². The molecule has 0 spiro atoms. The molecule has 28 heavy (non-hydrogen) atoms. The molecule has 1 N–H and O–H groups in total. The van der Waals surface area contributed by atoms with E-state index in [4.69, 9.17) is 21.4 Å². The lowest BCUT2D eigenvalue weighted by atomic mass is 9.91. The highest BCUT2D eigenvalue weighted by molar-refractivity contribution is 7.13. The summed E-state index contributed by atoms with van der Waals surface area (Å²) in [7, 11) is 0. The summed E-state index contributed by atoms with van der Waals surface area (Å²) in [5, 5.41) is 9.22. The molecule has 1 heterocycles. The second-order valence-corrected chi connectivity index (χ2v) is 9.75. The van der Waals surface area contributed by atoms with Gasteiger partial charge in [-0.05, 0) is 73.8 Å². The quantitative estimate of drug-likeness (QED) is 0.464. The van der Waals surface area contributed by atoms with Gasteiger partial charge >= 0.3 is 5.97 Å². The van der Waals surface area contributed by atoms with Crippen LogP contribution in [0.15, 0.2) is 36.4 Å². The summed E-state index contributed by atoms with van der Waals surface area (Å²) in [6.45, 7) is 5.05. The average Bonchev–Trinajstić information content (AvgIpc) is 3.28. The van der Waals surface area contributed by atoms with Gasteiger partial charge in [-0.15, -0.1) is 22.9 Å². The number of carboxylic acid groups (broad SMARTS) is 1. The fourth-order valence-corrected chi connectivity index (χ4v) is 5.31. The van der Waals surface area contributed by atoms with Crippen molar-refractivity contribution < 1.29 is 14.6 Å². The van der Waals surface area contributed by atoms with Gasteiger partial charge in [-0.2, -0.15) is 0 Å². The van der Waals surface area contributed by atoms with E-state index < -0.39 is 5.97 Å². The van der Waals surface area contributed by atoms with Crippen LogP contribution in [0.25, 0.3) is 0 Å². The average molecular weight is 421 g/mol. The van der Waals surface area contributed by atoms with Gasteiger partial charge in [0, 0.05) is 16.2 Å². The van der Waals surface area contributed by atoms with E-state index in [1.165, 1.54) is 16.9 Å². The molecule has 1 aromatic heterocycles. The number of aryl methyl sites for hydroxylation is 1. The van der Waals surface area contributed by atoms with E-state index in [0.29, 0.717) is 29.2 Å². The molecule has 2 aromatic rings. The number of rotatable bonds is 9. The van der Waals surface area contributed by atoms with Gasteiger partial charge in [0.1, 0.15) is 10.6 Å². The normalized spacial score (nSPS) is 21.9. The zero-order valence-electron chi connectivity index (χ0n) is 16.6. The largest absolute Gasteiger partial charge is 0.493 e. The van der Waals surface area contributed by atoms with Gasteiger partial charge in [0.15, 0.2) is 0 Å². The summed E-state index contributed by atoms with van der Waals surface area (Å²) in [5.41, 5.74) is 1.29. The minimum Gasteiger partial charge on any atom is -0.493 e. The summed E-state index contributed by atoms with van der Waals surface area (Å²) in [5.74, 6) is 1.54. The summed E-state index contributed by atoms with van der Waals surface area (Å²) in [6, 6.07) is 12.0. The Hall–Kier alpha value is -1.52. The zero-order valence-corrected chi connectivity index (χ0v) is 18.1.